The fourth-order valence-corrected chi connectivity index (χ4v) is 11.0. The Labute approximate surface area is 179 Å². The Hall–Kier alpha value is -0.843. The summed E-state index contributed by atoms with van der Waals surface area (Å²) in [6, 6.07) is 0. The molecular weight excluding hydrogens is 380 g/mol. The van der Waals surface area contributed by atoms with Gasteiger partial charge in [0, 0.05) is 0 Å². The molecule has 0 bridgehead atoms. The van der Waals surface area contributed by atoms with Crippen molar-refractivity contribution in [3.63, 3.8) is 0 Å². The quantitative estimate of drug-likeness (QED) is 0.210. The lowest BCUT2D eigenvalue weighted by molar-refractivity contribution is 0.155. The number of ether oxygens (including phenoxy) is 2. The van der Waals surface area contributed by atoms with E-state index in [2.05, 4.69) is 13.8 Å². The van der Waals surface area contributed by atoms with E-state index in [0.29, 0.717) is 13.2 Å². The van der Waals surface area contributed by atoms with Gasteiger partial charge in [0.25, 0.3) is 11.2 Å². The maximum Gasteiger partial charge on any atom is 0.317 e. The molecule has 0 aromatic heterocycles. The Kier molecular flexibility index (Phi) is 11.3. The molecule has 168 valence electrons. The zero-order valence-electron chi connectivity index (χ0n) is 19.0. The highest BCUT2D eigenvalue weighted by atomic mass is 28.3. The SMILES string of the molecule is CCCCCCOC(=O)[Si](C(=O)OCCCCCC)(C1CCCC1)C1CCCC1. The molecule has 0 aliphatic heterocycles. The van der Waals surface area contributed by atoms with Crippen LogP contribution in [-0.2, 0) is 9.47 Å². The van der Waals surface area contributed by atoms with Gasteiger partial charge in [0.2, 0.25) is 0 Å². The summed E-state index contributed by atoms with van der Waals surface area (Å²) in [7, 11) is -3.00. The van der Waals surface area contributed by atoms with Crippen LogP contribution in [-0.4, -0.2) is 32.5 Å². The first-order valence-corrected chi connectivity index (χ1v) is 14.7. The van der Waals surface area contributed by atoms with E-state index in [0.717, 1.165) is 77.0 Å². The van der Waals surface area contributed by atoms with Gasteiger partial charge in [0.05, 0.1) is 13.2 Å². The standard InChI is InChI=1S/C24H44O4Si/c1-3-5-7-13-19-27-23(25)29(21-15-9-10-16-21,22-17-11-12-18-22)24(26)28-20-14-8-6-4-2/h21-22H,3-20H2,1-2H3. The van der Waals surface area contributed by atoms with Crippen molar-refractivity contribution in [2.45, 2.75) is 128 Å². The van der Waals surface area contributed by atoms with Crippen LogP contribution in [0.5, 0.6) is 0 Å². The fraction of sp³-hybridized carbons (Fsp3) is 0.917. The molecule has 0 heterocycles. The largest absolute Gasteiger partial charge is 0.470 e. The van der Waals surface area contributed by atoms with Crippen molar-refractivity contribution < 1.29 is 19.1 Å². The number of unbranched alkanes of at least 4 members (excludes halogenated alkanes) is 6. The molecule has 0 aromatic rings. The molecule has 4 nitrogen and oxygen atoms in total. The predicted octanol–water partition coefficient (Wildman–Crippen LogP) is 7.92. The zero-order valence-corrected chi connectivity index (χ0v) is 20.0. The first-order chi connectivity index (χ1) is 14.2. The molecule has 0 amide bonds. The first kappa shape index (κ1) is 24.4. The topological polar surface area (TPSA) is 52.6 Å². The molecular formula is C24H44O4Si. The second kappa shape index (κ2) is 13.5. The molecule has 0 spiro atoms. The first-order valence-electron chi connectivity index (χ1n) is 12.5. The van der Waals surface area contributed by atoms with Gasteiger partial charge in [-0.2, -0.15) is 0 Å². The monoisotopic (exact) mass is 424 g/mol. The minimum Gasteiger partial charge on any atom is -0.470 e. The van der Waals surface area contributed by atoms with E-state index in [9.17, 15) is 9.59 Å². The van der Waals surface area contributed by atoms with Gasteiger partial charge in [-0.25, -0.2) is 0 Å². The Balaban J connectivity index is 2.12. The maximum atomic E-state index is 13.6. The van der Waals surface area contributed by atoms with Gasteiger partial charge < -0.3 is 9.47 Å². The normalized spacial score (nSPS) is 18.3. The lowest BCUT2D eigenvalue weighted by atomic mass is 10.2. The fourth-order valence-electron chi connectivity index (χ4n) is 5.47. The van der Waals surface area contributed by atoms with Crippen LogP contribution in [0.25, 0.3) is 0 Å². The second-order valence-electron chi connectivity index (χ2n) is 9.22. The van der Waals surface area contributed by atoms with Crippen LogP contribution >= 0.6 is 0 Å². The lowest BCUT2D eigenvalue weighted by Crippen LogP contribution is -2.59. The Morgan fingerprint density at radius 3 is 1.38 bits per heavy atom. The molecule has 2 aliphatic carbocycles. The van der Waals surface area contributed by atoms with E-state index in [-0.39, 0.29) is 22.3 Å². The van der Waals surface area contributed by atoms with Crippen molar-refractivity contribution in [3.8, 4) is 0 Å². The number of carbonyl (C=O) groups excluding carboxylic acids is 2. The molecule has 0 saturated heterocycles. The molecule has 2 saturated carbocycles. The summed E-state index contributed by atoms with van der Waals surface area (Å²) >= 11 is 0. The Morgan fingerprint density at radius 1 is 0.655 bits per heavy atom. The van der Waals surface area contributed by atoms with Crippen LogP contribution in [0.3, 0.4) is 0 Å². The van der Waals surface area contributed by atoms with Gasteiger partial charge in [0.1, 0.15) is 0 Å². The molecule has 0 aromatic carbocycles. The third kappa shape index (κ3) is 6.57. The lowest BCUT2D eigenvalue weighted by Gasteiger charge is -2.36. The van der Waals surface area contributed by atoms with Crippen molar-refractivity contribution >= 4 is 19.3 Å². The number of carbonyl (C=O) groups is 2. The third-order valence-electron chi connectivity index (χ3n) is 7.14. The summed E-state index contributed by atoms with van der Waals surface area (Å²) in [6.45, 7) is 5.30. The molecule has 29 heavy (non-hydrogen) atoms. The van der Waals surface area contributed by atoms with Crippen LogP contribution < -0.4 is 0 Å². The summed E-state index contributed by atoms with van der Waals surface area (Å²) in [4.78, 5) is 27.2. The highest BCUT2D eigenvalue weighted by Gasteiger charge is 2.63. The summed E-state index contributed by atoms with van der Waals surface area (Å²) in [6.07, 6.45) is 17.3. The highest BCUT2D eigenvalue weighted by molar-refractivity contribution is 7.25. The molecule has 0 radical (unpaired) electrons. The van der Waals surface area contributed by atoms with Crippen LogP contribution in [0.4, 0.5) is 9.59 Å². The third-order valence-corrected chi connectivity index (χ3v) is 12.5. The second-order valence-corrected chi connectivity index (χ2v) is 13.4. The minimum absolute atomic E-state index is 0.133. The minimum atomic E-state index is -3.00. The van der Waals surface area contributed by atoms with Crippen molar-refractivity contribution in [2.75, 3.05) is 13.2 Å². The van der Waals surface area contributed by atoms with E-state index < -0.39 is 8.07 Å². The molecule has 2 fully saturated rings. The van der Waals surface area contributed by atoms with Crippen LogP contribution in [0, 0.1) is 0 Å². The van der Waals surface area contributed by atoms with Crippen LogP contribution in [0.15, 0.2) is 0 Å². The van der Waals surface area contributed by atoms with Gasteiger partial charge in [-0.3, -0.25) is 9.59 Å². The molecule has 2 rings (SSSR count). The van der Waals surface area contributed by atoms with Gasteiger partial charge in [-0.15, -0.1) is 0 Å². The van der Waals surface area contributed by atoms with Gasteiger partial charge in [-0.05, 0) is 23.9 Å². The molecule has 2 aliphatic rings. The summed E-state index contributed by atoms with van der Waals surface area (Å²) < 4.78 is 11.7. The van der Waals surface area contributed by atoms with Crippen molar-refractivity contribution in [3.05, 3.63) is 0 Å². The van der Waals surface area contributed by atoms with E-state index in [4.69, 9.17) is 9.47 Å². The summed E-state index contributed by atoms with van der Waals surface area (Å²) in [5.41, 5.74) is 0.200. The highest BCUT2D eigenvalue weighted by Crippen LogP contribution is 2.51. The van der Waals surface area contributed by atoms with Gasteiger partial charge >= 0.3 is 8.07 Å². The molecule has 0 N–H and O–H groups in total. The Morgan fingerprint density at radius 2 is 1.03 bits per heavy atom. The number of hydrogen-bond donors (Lipinski definition) is 0. The molecule has 0 atom stereocenters. The van der Waals surface area contributed by atoms with Crippen molar-refractivity contribution in [2.24, 2.45) is 0 Å². The summed E-state index contributed by atoms with van der Waals surface area (Å²) in [5.74, 6) is 0. The Bertz CT molecular complexity index is 437. The maximum absolute atomic E-state index is 13.6. The van der Waals surface area contributed by atoms with Gasteiger partial charge in [-0.1, -0.05) is 104 Å². The van der Waals surface area contributed by atoms with Gasteiger partial charge in [0.15, 0.2) is 0 Å². The number of hydrogen-bond acceptors (Lipinski definition) is 4. The zero-order chi connectivity index (χ0) is 21.0. The smallest absolute Gasteiger partial charge is 0.317 e. The van der Waals surface area contributed by atoms with E-state index in [1.807, 2.05) is 0 Å². The van der Waals surface area contributed by atoms with E-state index in [1.54, 1.807) is 0 Å². The van der Waals surface area contributed by atoms with Crippen molar-refractivity contribution in [1.29, 1.82) is 0 Å². The molecule has 5 heteroatoms. The van der Waals surface area contributed by atoms with Crippen LogP contribution in [0.1, 0.15) is 117 Å². The van der Waals surface area contributed by atoms with Crippen LogP contribution in [0.2, 0.25) is 11.1 Å². The average Bonchev–Trinajstić information content (AvgIpc) is 3.43. The predicted molar refractivity (Wildman–Crippen MR) is 121 cm³/mol. The summed E-state index contributed by atoms with van der Waals surface area (Å²) in [5, 5.41) is 0. The van der Waals surface area contributed by atoms with Crippen molar-refractivity contribution in [1.82, 2.24) is 0 Å². The average molecular weight is 425 g/mol. The van der Waals surface area contributed by atoms with E-state index in [1.165, 1.54) is 25.7 Å². The number of rotatable bonds is 14. The van der Waals surface area contributed by atoms with E-state index >= 15 is 0 Å². The molecule has 0 unspecified atom stereocenters.